The predicted octanol–water partition coefficient (Wildman–Crippen LogP) is 1.04. The average molecular weight is 385 g/mol. The van der Waals surface area contributed by atoms with Gasteiger partial charge in [-0.15, -0.1) is 0 Å². The molecule has 0 unspecified atom stereocenters. The van der Waals surface area contributed by atoms with E-state index in [9.17, 15) is 22.4 Å². The Kier molecular flexibility index (Phi) is 6.36. The first-order valence-electron chi connectivity index (χ1n) is 7.86. The fourth-order valence-corrected chi connectivity index (χ4v) is 4.29. The van der Waals surface area contributed by atoms with Gasteiger partial charge in [0.25, 0.3) is 5.91 Å². The van der Waals surface area contributed by atoms with Gasteiger partial charge in [0.05, 0.1) is 18.6 Å². The number of hydrogen-bond acceptors (Lipinski definition) is 6. The number of sulfone groups is 1. The van der Waals surface area contributed by atoms with Gasteiger partial charge in [-0.2, -0.15) is 0 Å². The van der Waals surface area contributed by atoms with E-state index in [-0.39, 0.29) is 17.3 Å². The van der Waals surface area contributed by atoms with Crippen molar-refractivity contribution in [1.82, 2.24) is 4.90 Å². The van der Waals surface area contributed by atoms with Crippen molar-refractivity contribution in [3.05, 3.63) is 35.7 Å². The molecule has 7 nitrogen and oxygen atoms in total. The summed E-state index contributed by atoms with van der Waals surface area (Å²) < 4.78 is 46.1. The third-order valence-electron chi connectivity index (χ3n) is 4.08. The molecule has 26 heavy (non-hydrogen) atoms. The summed E-state index contributed by atoms with van der Waals surface area (Å²) in [4.78, 5) is 25.0. The van der Waals surface area contributed by atoms with Crippen molar-refractivity contribution in [2.75, 3.05) is 32.3 Å². The molecule has 1 aliphatic rings. The first kappa shape index (κ1) is 19.9. The maximum Gasteiger partial charge on any atom is 0.331 e. The largest absolute Gasteiger partial charge is 0.494 e. The molecule has 1 amide bonds. The van der Waals surface area contributed by atoms with Crippen LogP contribution in [0, 0.1) is 5.82 Å². The lowest BCUT2D eigenvalue weighted by Gasteiger charge is -2.22. The third-order valence-corrected chi connectivity index (χ3v) is 5.83. The van der Waals surface area contributed by atoms with Crippen molar-refractivity contribution in [1.29, 1.82) is 0 Å². The number of methoxy groups -OCH3 is 1. The first-order chi connectivity index (χ1) is 12.2. The molecule has 1 atom stereocenters. The Bertz CT molecular complexity index is 821. The molecule has 0 spiro atoms. The van der Waals surface area contributed by atoms with Crippen molar-refractivity contribution in [2.24, 2.45) is 0 Å². The van der Waals surface area contributed by atoms with E-state index in [2.05, 4.69) is 0 Å². The molecule has 0 saturated carbocycles. The van der Waals surface area contributed by atoms with Gasteiger partial charge in [-0.05, 0) is 30.2 Å². The maximum atomic E-state index is 13.6. The van der Waals surface area contributed by atoms with Gasteiger partial charge in [0.1, 0.15) is 0 Å². The number of rotatable bonds is 6. The zero-order valence-corrected chi connectivity index (χ0v) is 15.3. The van der Waals surface area contributed by atoms with E-state index in [1.807, 2.05) is 0 Å². The number of carbonyl (C=O) groups is 2. The number of likely N-dealkylation sites (N-methyl/N-ethyl adjacent to an activating group) is 1. The highest BCUT2D eigenvalue weighted by atomic mass is 32.2. The highest BCUT2D eigenvalue weighted by Gasteiger charge is 2.32. The van der Waals surface area contributed by atoms with Crippen molar-refractivity contribution >= 4 is 27.8 Å². The number of ether oxygens (including phenoxy) is 2. The second kappa shape index (κ2) is 8.31. The molecular formula is C17H20FNO6S. The van der Waals surface area contributed by atoms with E-state index in [1.165, 1.54) is 37.3 Å². The number of nitrogens with zero attached hydrogens (tertiary/aromatic N) is 1. The number of halogens is 1. The van der Waals surface area contributed by atoms with Crippen LogP contribution < -0.4 is 4.74 Å². The Morgan fingerprint density at radius 1 is 1.38 bits per heavy atom. The van der Waals surface area contributed by atoms with E-state index in [0.717, 1.165) is 6.08 Å². The molecule has 0 radical (unpaired) electrons. The SMILES string of the molecule is COc1ccc(/C=C/C(=O)OCC(=O)N(C)[C@@H]2CCS(=O)(=O)C2)cc1F. The Hall–Kier alpha value is -2.42. The van der Waals surface area contributed by atoms with Gasteiger partial charge in [-0.25, -0.2) is 17.6 Å². The molecule has 0 aromatic heterocycles. The molecule has 0 bridgehead atoms. The summed E-state index contributed by atoms with van der Waals surface area (Å²) in [5.41, 5.74) is 0.430. The minimum absolute atomic E-state index is 0.0518. The van der Waals surface area contributed by atoms with Gasteiger partial charge in [0, 0.05) is 19.2 Å². The minimum atomic E-state index is -3.11. The monoisotopic (exact) mass is 385 g/mol. The van der Waals surface area contributed by atoms with Crippen molar-refractivity contribution in [3.63, 3.8) is 0 Å². The van der Waals surface area contributed by atoms with E-state index < -0.39 is 40.2 Å². The molecule has 142 valence electrons. The number of benzene rings is 1. The summed E-state index contributed by atoms with van der Waals surface area (Å²) in [5, 5.41) is 0. The second-order valence-corrected chi connectivity index (χ2v) is 8.13. The molecule has 0 aliphatic carbocycles. The Balaban J connectivity index is 1.84. The van der Waals surface area contributed by atoms with Gasteiger partial charge in [-0.1, -0.05) is 6.07 Å². The smallest absolute Gasteiger partial charge is 0.331 e. The van der Waals surface area contributed by atoms with Gasteiger partial charge >= 0.3 is 5.97 Å². The van der Waals surface area contributed by atoms with Crippen LogP contribution in [0.4, 0.5) is 4.39 Å². The quantitative estimate of drug-likeness (QED) is 0.537. The van der Waals surface area contributed by atoms with Crippen LogP contribution in [0.2, 0.25) is 0 Å². The van der Waals surface area contributed by atoms with Crippen LogP contribution in [-0.2, 0) is 24.2 Å². The van der Waals surface area contributed by atoms with Crippen LogP contribution in [0.15, 0.2) is 24.3 Å². The van der Waals surface area contributed by atoms with Gasteiger partial charge in [0.15, 0.2) is 28.0 Å². The molecule has 1 aromatic carbocycles. The van der Waals surface area contributed by atoms with Gasteiger partial charge < -0.3 is 14.4 Å². The molecule has 1 fully saturated rings. The van der Waals surface area contributed by atoms with Crippen molar-refractivity contribution in [3.8, 4) is 5.75 Å². The summed E-state index contributed by atoms with van der Waals surface area (Å²) in [6.07, 6.45) is 2.80. The summed E-state index contributed by atoms with van der Waals surface area (Å²) in [5.74, 6) is -1.74. The molecular weight excluding hydrogens is 365 g/mol. The van der Waals surface area contributed by atoms with E-state index in [0.29, 0.717) is 12.0 Å². The maximum absolute atomic E-state index is 13.6. The fourth-order valence-electron chi connectivity index (χ4n) is 2.52. The zero-order chi connectivity index (χ0) is 19.3. The van der Waals surface area contributed by atoms with Gasteiger partial charge in [0.2, 0.25) is 0 Å². The summed E-state index contributed by atoms with van der Waals surface area (Å²) in [6, 6.07) is 3.78. The van der Waals surface area contributed by atoms with E-state index in [4.69, 9.17) is 9.47 Å². The fraction of sp³-hybridized carbons (Fsp3) is 0.412. The summed E-state index contributed by atoms with van der Waals surface area (Å²) in [6.45, 7) is -0.493. The molecule has 1 aromatic rings. The normalized spacial score (nSPS) is 18.7. The van der Waals surface area contributed by atoms with Crippen LogP contribution in [-0.4, -0.2) is 63.5 Å². The Labute approximate surface area is 151 Å². The lowest BCUT2D eigenvalue weighted by molar-refractivity contribution is -0.148. The van der Waals surface area contributed by atoms with E-state index >= 15 is 0 Å². The van der Waals surface area contributed by atoms with Crippen LogP contribution in [0.5, 0.6) is 5.75 Å². The number of esters is 1. The molecule has 0 N–H and O–H groups in total. The van der Waals surface area contributed by atoms with E-state index in [1.54, 1.807) is 6.07 Å². The Morgan fingerprint density at radius 2 is 2.12 bits per heavy atom. The lowest BCUT2D eigenvalue weighted by atomic mass is 10.2. The zero-order valence-electron chi connectivity index (χ0n) is 14.5. The number of amides is 1. The number of hydrogen-bond donors (Lipinski definition) is 0. The molecule has 1 aliphatic heterocycles. The van der Waals surface area contributed by atoms with Crippen LogP contribution in [0.1, 0.15) is 12.0 Å². The van der Waals surface area contributed by atoms with Gasteiger partial charge in [-0.3, -0.25) is 4.79 Å². The van der Waals surface area contributed by atoms with Crippen molar-refractivity contribution in [2.45, 2.75) is 12.5 Å². The third kappa shape index (κ3) is 5.29. The standard InChI is InChI=1S/C17H20FNO6S/c1-19(13-7-8-26(22,23)11-13)16(20)10-25-17(21)6-4-12-3-5-15(24-2)14(18)9-12/h3-6,9,13H,7-8,10-11H2,1-2H3/b6-4+/t13-/m1/s1. The van der Waals surface area contributed by atoms with Crippen LogP contribution in [0.3, 0.4) is 0 Å². The Morgan fingerprint density at radius 3 is 2.69 bits per heavy atom. The van der Waals surface area contributed by atoms with Crippen molar-refractivity contribution < 1.29 is 31.9 Å². The summed E-state index contributed by atoms with van der Waals surface area (Å²) in [7, 11) is -0.274. The topological polar surface area (TPSA) is 90.0 Å². The minimum Gasteiger partial charge on any atom is -0.494 e. The van der Waals surface area contributed by atoms with Crippen LogP contribution in [0.25, 0.3) is 6.08 Å². The average Bonchev–Trinajstić information content (AvgIpc) is 2.97. The lowest BCUT2D eigenvalue weighted by Crippen LogP contribution is -2.40. The highest BCUT2D eigenvalue weighted by Crippen LogP contribution is 2.18. The molecule has 1 saturated heterocycles. The highest BCUT2D eigenvalue weighted by molar-refractivity contribution is 7.91. The second-order valence-electron chi connectivity index (χ2n) is 5.90. The molecule has 9 heteroatoms. The first-order valence-corrected chi connectivity index (χ1v) is 9.68. The van der Waals surface area contributed by atoms with Crippen LogP contribution >= 0.6 is 0 Å². The molecule has 1 heterocycles. The summed E-state index contributed by atoms with van der Waals surface area (Å²) >= 11 is 0. The number of carbonyl (C=O) groups excluding carboxylic acids is 2. The predicted molar refractivity (Wildman–Crippen MR) is 92.8 cm³/mol. The molecule has 2 rings (SSSR count).